The van der Waals surface area contributed by atoms with E-state index in [2.05, 4.69) is 44.3 Å². The van der Waals surface area contributed by atoms with Gasteiger partial charge in [0.15, 0.2) is 0 Å². The number of β-amino-alcohol motifs (C(OH)–C–C–N with tert-alkyl or cyclic N) is 1. The van der Waals surface area contributed by atoms with Gasteiger partial charge in [-0.1, -0.05) is 0 Å². The van der Waals surface area contributed by atoms with E-state index >= 15 is 0 Å². The van der Waals surface area contributed by atoms with Gasteiger partial charge in [-0.3, -0.25) is 4.90 Å². The first-order valence-electron chi connectivity index (χ1n) is 11.9. The van der Waals surface area contributed by atoms with Crippen molar-refractivity contribution in [3.63, 3.8) is 0 Å². The summed E-state index contributed by atoms with van der Waals surface area (Å²) in [5.41, 5.74) is 3.39. The lowest BCUT2D eigenvalue weighted by atomic mass is 9.98. The van der Waals surface area contributed by atoms with E-state index in [1.807, 2.05) is 6.07 Å². The third-order valence-electron chi connectivity index (χ3n) is 6.70. The molecule has 7 nitrogen and oxygen atoms in total. The fourth-order valence-corrected chi connectivity index (χ4v) is 5.07. The number of halogens is 2. The van der Waals surface area contributed by atoms with Crippen LogP contribution in [0.4, 0.5) is 26.1 Å². The molecule has 2 aliphatic rings. The number of aliphatic hydroxyl groups is 1. The molecule has 1 aromatic heterocycles. The summed E-state index contributed by atoms with van der Waals surface area (Å²) >= 11 is 0. The Morgan fingerprint density at radius 2 is 1.71 bits per heavy atom. The Bertz CT molecular complexity index is 1120. The Morgan fingerprint density at radius 1 is 0.941 bits per heavy atom. The van der Waals surface area contributed by atoms with Gasteiger partial charge < -0.3 is 15.3 Å². The molecule has 180 valence electrons. The number of anilines is 3. The lowest BCUT2D eigenvalue weighted by Crippen LogP contribution is -2.49. The molecule has 2 N–H and O–H groups in total. The number of rotatable bonds is 5. The molecule has 3 heterocycles. The van der Waals surface area contributed by atoms with Crippen molar-refractivity contribution < 1.29 is 13.9 Å². The highest BCUT2D eigenvalue weighted by molar-refractivity contribution is 5.64. The van der Waals surface area contributed by atoms with E-state index in [9.17, 15) is 13.9 Å². The molecular formula is C25H30F2N6O. The predicted molar refractivity (Wildman–Crippen MR) is 128 cm³/mol. The van der Waals surface area contributed by atoms with Crippen molar-refractivity contribution in [3.05, 3.63) is 59.9 Å². The average molecular weight is 469 g/mol. The van der Waals surface area contributed by atoms with E-state index in [-0.39, 0.29) is 11.8 Å². The Balaban J connectivity index is 1.25. The Hall–Kier alpha value is -3.04. The summed E-state index contributed by atoms with van der Waals surface area (Å²) in [5, 5.41) is 17.5. The molecule has 2 aliphatic heterocycles. The van der Waals surface area contributed by atoms with Gasteiger partial charge in [0.25, 0.3) is 0 Å². The quantitative estimate of drug-likeness (QED) is 0.590. The van der Waals surface area contributed by atoms with Crippen molar-refractivity contribution in [2.24, 2.45) is 0 Å². The van der Waals surface area contributed by atoms with Crippen molar-refractivity contribution in [2.45, 2.75) is 44.8 Å². The molecule has 5 rings (SSSR count). The second-order valence-corrected chi connectivity index (χ2v) is 9.33. The summed E-state index contributed by atoms with van der Waals surface area (Å²) in [6, 6.07) is 10.1. The lowest BCUT2D eigenvalue weighted by molar-refractivity contribution is 0.0398. The number of piperidine rings is 2. The van der Waals surface area contributed by atoms with Crippen molar-refractivity contribution >= 4 is 17.3 Å². The van der Waals surface area contributed by atoms with E-state index in [1.54, 1.807) is 0 Å². The number of aliphatic hydroxyl groups excluding tert-OH is 1. The van der Waals surface area contributed by atoms with Gasteiger partial charge >= 0.3 is 0 Å². The highest BCUT2D eigenvalue weighted by Crippen LogP contribution is 2.28. The van der Waals surface area contributed by atoms with Crippen LogP contribution >= 0.6 is 0 Å². The second kappa shape index (κ2) is 9.68. The minimum atomic E-state index is -0.663. The Kier molecular flexibility index (Phi) is 6.47. The number of aromatic nitrogens is 3. The van der Waals surface area contributed by atoms with Gasteiger partial charge in [-0.2, -0.15) is 4.98 Å². The largest absolute Gasteiger partial charge is 0.392 e. The van der Waals surface area contributed by atoms with Crippen LogP contribution in [-0.4, -0.2) is 63.1 Å². The third-order valence-corrected chi connectivity index (χ3v) is 6.70. The summed E-state index contributed by atoms with van der Waals surface area (Å²) in [6.45, 7) is 5.88. The van der Waals surface area contributed by atoms with Gasteiger partial charge in [0.1, 0.15) is 18.0 Å². The van der Waals surface area contributed by atoms with Gasteiger partial charge in [-0.15, -0.1) is 5.10 Å². The third kappa shape index (κ3) is 5.20. The first-order chi connectivity index (χ1) is 16.4. The second-order valence-electron chi connectivity index (χ2n) is 9.33. The Morgan fingerprint density at radius 3 is 2.44 bits per heavy atom. The molecule has 0 amide bonds. The van der Waals surface area contributed by atoms with Crippen LogP contribution in [0, 0.1) is 18.6 Å². The molecule has 1 unspecified atom stereocenters. The molecule has 2 saturated heterocycles. The van der Waals surface area contributed by atoms with E-state index < -0.39 is 11.6 Å². The van der Waals surface area contributed by atoms with E-state index in [4.69, 9.17) is 0 Å². The number of hydrogen-bond donors (Lipinski definition) is 2. The standard InChI is InChI=1S/C25H30F2N6O/c1-17-9-20(29-25-28-16-33(30-25)23-12-18(26)11-19(27)13-23)14-22(10-17)31-7-4-21(5-8-31)32-6-2-3-24(34)15-32/h9-14,16,21,24,34H,2-8,15H2,1H3,(H,29,30). The van der Waals surface area contributed by atoms with Gasteiger partial charge in [-0.05, 0) is 75.0 Å². The number of hydrogen-bond acceptors (Lipinski definition) is 6. The van der Waals surface area contributed by atoms with Gasteiger partial charge in [0.05, 0.1) is 11.8 Å². The lowest BCUT2D eigenvalue weighted by Gasteiger charge is -2.42. The molecule has 3 aromatic rings. The number of aryl methyl sites for hydroxylation is 1. The van der Waals surface area contributed by atoms with Crippen LogP contribution in [0.5, 0.6) is 0 Å². The van der Waals surface area contributed by atoms with E-state index in [0.717, 1.165) is 74.9 Å². The van der Waals surface area contributed by atoms with Crippen LogP contribution in [0.25, 0.3) is 5.69 Å². The summed E-state index contributed by atoms with van der Waals surface area (Å²) in [5.74, 6) is -0.976. The van der Waals surface area contributed by atoms with E-state index in [0.29, 0.717) is 12.0 Å². The molecule has 0 saturated carbocycles. The van der Waals surface area contributed by atoms with Gasteiger partial charge in [0, 0.05) is 43.1 Å². The van der Waals surface area contributed by atoms with Crippen LogP contribution in [0.15, 0.2) is 42.7 Å². The van der Waals surface area contributed by atoms with Crippen LogP contribution in [0.3, 0.4) is 0 Å². The zero-order valence-corrected chi connectivity index (χ0v) is 19.3. The minimum Gasteiger partial charge on any atom is -0.392 e. The van der Waals surface area contributed by atoms with Crippen molar-refractivity contribution in [2.75, 3.05) is 36.4 Å². The maximum atomic E-state index is 13.5. The van der Waals surface area contributed by atoms with Crippen LogP contribution in [0.1, 0.15) is 31.2 Å². The maximum Gasteiger partial charge on any atom is 0.246 e. The first kappa shape index (κ1) is 22.7. The molecule has 0 aliphatic carbocycles. The highest BCUT2D eigenvalue weighted by atomic mass is 19.1. The molecule has 0 bridgehead atoms. The zero-order valence-electron chi connectivity index (χ0n) is 19.3. The maximum absolute atomic E-state index is 13.5. The molecular weight excluding hydrogens is 438 g/mol. The molecule has 0 radical (unpaired) electrons. The number of benzene rings is 2. The van der Waals surface area contributed by atoms with Crippen molar-refractivity contribution in [1.82, 2.24) is 19.7 Å². The monoisotopic (exact) mass is 468 g/mol. The SMILES string of the molecule is Cc1cc(Nc2ncn(-c3cc(F)cc(F)c3)n2)cc(N2CCC(N3CCCC(O)C3)CC2)c1. The Labute approximate surface area is 198 Å². The fourth-order valence-electron chi connectivity index (χ4n) is 5.07. The molecule has 1 atom stereocenters. The molecule has 34 heavy (non-hydrogen) atoms. The van der Waals surface area contributed by atoms with Crippen molar-refractivity contribution in [1.29, 1.82) is 0 Å². The molecule has 2 fully saturated rings. The molecule has 2 aromatic carbocycles. The summed E-state index contributed by atoms with van der Waals surface area (Å²) in [4.78, 5) is 9.10. The van der Waals surface area contributed by atoms with Crippen LogP contribution in [0.2, 0.25) is 0 Å². The molecule has 9 heteroatoms. The summed E-state index contributed by atoms with van der Waals surface area (Å²) in [6.07, 6.45) is 5.40. The van der Waals surface area contributed by atoms with Gasteiger partial charge in [0.2, 0.25) is 5.95 Å². The predicted octanol–water partition coefficient (Wildman–Crippen LogP) is 4.02. The number of nitrogens with one attached hydrogen (secondary N) is 1. The van der Waals surface area contributed by atoms with Gasteiger partial charge in [-0.25, -0.2) is 13.5 Å². The van der Waals surface area contributed by atoms with Crippen molar-refractivity contribution in [3.8, 4) is 5.69 Å². The van der Waals surface area contributed by atoms with Crippen LogP contribution in [-0.2, 0) is 0 Å². The number of likely N-dealkylation sites (tertiary alicyclic amines) is 1. The normalized spacial score (nSPS) is 20.0. The minimum absolute atomic E-state index is 0.186. The fraction of sp³-hybridized carbons (Fsp3) is 0.440. The molecule has 0 spiro atoms. The smallest absolute Gasteiger partial charge is 0.246 e. The van der Waals surface area contributed by atoms with E-state index in [1.165, 1.54) is 23.1 Å². The summed E-state index contributed by atoms with van der Waals surface area (Å²) in [7, 11) is 0. The number of nitrogens with zero attached hydrogens (tertiary/aromatic N) is 5. The van der Waals surface area contributed by atoms with Crippen LogP contribution < -0.4 is 10.2 Å². The first-order valence-corrected chi connectivity index (χ1v) is 11.9. The zero-order chi connectivity index (χ0) is 23.7. The highest BCUT2D eigenvalue weighted by Gasteiger charge is 2.28. The summed E-state index contributed by atoms with van der Waals surface area (Å²) < 4.78 is 28.4. The average Bonchev–Trinajstić information content (AvgIpc) is 3.27. The topological polar surface area (TPSA) is 69.5 Å².